The Morgan fingerprint density at radius 3 is 2.42 bits per heavy atom. The topological polar surface area (TPSA) is 80.9 Å². The van der Waals surface area contributed by atoms with Gasteiger partial charge in [0.05, 0.1) is 17.9 Å². The molecule has 0 aliphatic carbocycles. The first-order valence-electron chi connectivity index (χ1n) is 10.4. The SMILES string of the molecule is CCOc1ccccc1N1CCN(C(=O)c2ccccc2OCc2noc(C)n2)CC1. The molecule has 8 heteroatoms. The zero-order chi connectivity index (χ0) is 21.6. The molecule has 2 heterocycles. The van der Waals surface area contributed by atoms with Crippen LogP contribution in [0.1, 0.15) is 29.0 Å². The van der Waals surface area contributed by atoms with E-state index in [1.165, 1.54) is 0 Å². The lowest BCUT2D eigenvalue weighted by Crippen LogP contribution is -2.49. The van der Waals surface area contributed by atoms with Gasteiger partial charge in [-0.15, -0.1) is 0 Å². The van der Waals surface area contributed by atoms with Gasteiger partial charge in [-0.1, -0.05) is 29.4 Å². The molecule has 162 valence electrons. The Balaban J connectivity index is 1.41. The van der Waals surface area contributed by atoms with Crippen LogP contribution in [-0.2, 0) is 6.61 Å². The number of rotatable bonds is 7. The van der Waals surface area contributed by atoms with Crippen LogP contribution in [0.2, 0.25) is 0 Å². The van der Waals surface area contributed by atoms with Crippen molar-refractivity contribution < 1.29 is 18.8 Å². The number of anilines is 1. The summed E-state index contributed by atoms with van der Waals surface area (Å²) in [4.78, 5) is 21.5. The highest BCUT2D eigenvalue weighted by Gasteiger charge is 2.25. The number of hydrogen-bond acceptors (Lipinski definition) is 7. The standard InChI is InChI=1S/C23H26N4O4/c1-3-29-21-11-7-5-9-19(21)26-12-14-27(15-13-26)23(28)18-8-4-6-10-20(18)30-16-22-24-17(2)31-25-22/h4-11H,3,12-16H2,1-2H3. The highest BCUT2D eigenvalue weighted by molar-refractivity contribution is 5.97. The van der Waals surface area contributed by atoms with E-state index in [-0.39, 0.29) is 12.5 Å². The summed E-state index contributed by atoms with van der Waals surface area (Å²) < 4.78 is 16.5. The van der Waals surface area contributed by atoms with Crippen LogP contribution < -0.4 is 14.4 Å². The molecule has 4 rings (SSSR count). The van der Waals surface area contributed by atoms with Gasteiger partial charge in [0.25, 0.3) is 5.91 Å². The lowest BCUT2D eigenvalue weighted by atomic mass is 10.1. The van der Waals surface area contributed by atoms with E-state index in [0.717, 1.165) is 24.5 Å². The van der Waals surface area contributed by atoms with Crippen molar-refractivity contribution in [2.45, 2.75) is 20.5 Å². The largest absolute Gasteiger partial charge is 0.492 e. The third-order valence-corrected chi connectivity index (χ3v) is 5.12. The third-order valence-electron chi connectivity index (χ3n) is 5.12. The maximum Gasteiger partial charge on any atom is 0.257 e. The number of nitrogens with zero attached hydrogens (tertiary/aromatic N) is 4. The number of piperazine rings is 1. The maximum atomic E-state index is 13.2. The van der Waals surface area contributed by atoms with Gasteiger partial charge in [-0.3, -0.25) is 4.79 Å². The van der Waals surface area contributed by atoms with Gasteiger partial charge in [0.2, 0.25) is 11.7 Å². The smallest absolute Gasteiger partial charge is 0.257 e. The predicted octanol–water partition coefficient (Wildman–Crippen LogP) is 3.32. The zero-order valence-corrected chi connectivity index (χ0v) is 17.8. The van der Waals surface area contributed by atoms with Crippen LogP contribution in [0.15, 0.2) is 53.1 Å². The Bertz CT molecular complexity index is 1030. The molecule has 1 aromatic heterocycles. The monoisotopic (exact) mass is 422 g/mol. The molecule has 0 saturated carbocycles. The predicted molar refractivity (Wildman–Crippen MR) is 116 cm³/mol. The van der Waals surface area contributed by atoms with Gasteiger partial charge in [0.1, 0.15) is 11.5 Å². The molecule has 31 heavy (non-hydrogen) atoms. The van der Waals surface area contributed by atoms with Crippen molar-refractivity contribution in [3.05, 3.63) is 65.8 Å². The molecule has 8 nitrogen and oxygen atoms in total. The second-order valence-corrected chi connectivity index (χ2v) is 7.19. The second kappa shape index (κ2) is 9.51. The molecule has 0 N–H and O–H groups in total. The summed E-state index contributed by atoms with van der Waals surface area (Å²) in [5, 5.41) is 3.83. The molecule has 1 fully saturated rings. The Kier molecular flexibility index (Phi) is 6.35. The van der Waals surface area contributed by atoms with Gasteiger partial charge in [-0.2, -0.15) is 4.98 Å². The summed E-state index contributed by atoms with van der Waals surface area (Å²) in [6.45, 7) is 7.18. The second-order valence-electron chi connectivity index (χ2n) is 7.19. The van der Waals surface area contributed by atoms with E-state index in [1.807, 2.05) is 42.2 Å². The van der Waals surface area contributed by atoms with Gasteiger partial charge >= 0.3 is 0 Å². The first kappa shape index (κ1) is 20.7. The van der Waals surface area contributed by atoms with Gasteiger partial charge < -0.3 is 23.8 Å². The molecule has 0 radical (unpaired) electrons. The summed E-state index contributed by atoms with van der Waals surface area (Å²) in [6.07, 6.45) is 0. The molecule has 1 saturated heterocycles. The van der Waals surface area contributed by atoms with E-state index in [1.54, 1.807) is 19.1 Å². The first-order chi connectivity index (χ1) is 15.2. The van der Waals surface area contributed by atoms with Gasteiger partial charge in [-0.25, -0.2) is 0 Å². The summed E-state index contributed by atoms with van der Waals surface area (Å²) in [7, 11) is 0. The number of carbonyl (C=O) groups is 1. The molecule has 1 aliphatic rings. The summed E-state index contributed by atoms with van der Waals surface area (Å²) in [5.41, 5.74) is 1.60. The highest BCUT2D eigenvalue weighted by Crippen LogP contribution is 2.29. The number of amides is 1. The van der Waals surface area contributed by atoms with E-state index in [9.17, 15) is 4.79 Å². The normalized spacial score (nSPS) is 13.9. The van der Waals surface area contributed by atoms with Gasteiger partial charge in [0.15, 0.2) is 6.61 Å². The van der Waals surface area contributed by atoms with E-state index in [0.29, 0.717) is 42.7 Å². The van der Waals surface area contributed by atoms with Crippen molar-refractivity contribution in [1.29, 1.82) is 0 Å². The van der Waals surface area contributed by atoms with Crippen LogP contribution >= 0.6 is 0 Å². The van der Waals surface area contributed by atoms with Crippen LogP contribution in [-0.4, -0.2) is 53.7 Å². The Hall–Kier alpha value is -3.55. The fourth-order valence-electron chi connectivity index (χ4n) is 3.63. The first-order valence-corrected chi connectivity index (χ1v) is 10.4. The third kappa shape index (κ3) is 4.79. The molecule has 0 atom stereocenters. The Morgan fingerprint density at radius 1 is 1.00 bits per heavy atom. The number of para-hydroxylation sites is 3. The van der Waals surface area contributed by atoms with E-state index < -0.39 is 0 Å². The van der Waals surface area contributed by atoms with Crippen molar-refractivity contribution >= 4 is 11.6 Å². The minimum Gasteiger partial charge on any atom is -0.492 e. The molecule has 2 aromatic carbocycles. The van der Waals surface area contributed by atoms with Crippen molar-refractivity contribution in [3.63, 3.8) is 0 Å². The molecule has 1 aliphatic heterocycles. The van der Waals surface area contributed by atoms with E-state index in [2.05, 4.69) is 21.1 Å². The number of carbonyl (C=O) groups excluding carboxylic acids is 1. The van der Waals surface area contributed by atoms with Gasteiger partial charge in [-0.05, 0) is 31.2 Å². The highest BCUT2D eigenvalue weighted by atomic mass is 16.5. The lowest BCUT2D eigenvalue weighted by molar-refractivity contribution is 0.0741. The summed E-state index contributed by atoms with van der Waals surface area (Å²) >= 11 is 0. The zero-order valence-electron chi connectivity index (χ0n) is 17.8. The number of benzene rings is 2. The quantitative estimate of drug-likeness (QED) is 0.578. The van der Waals surface area contributed by atoms with Crippen molar-refractivity contribution in [2.24, 2.45) is 0 Å². The van der Waals surface area contributed by atoms with Crippen LogP contribution in [0, 0.1) is 6.92 Å². The number of hydrogen-bond donors (Lipinski definition) is 0. The molecular formula is C23H26N4O4. The minimum atomic E-state index is -0.0439. The number of ether oxygens (including phenoxy) is 2. The maximum absolute atomic E-state index is 13.2. The summed E-state index contributed by atoms with van der Waals surface area (Å²) in [6, 6.07) is 15.3. The molecular weight excluding hydrogens is 396 g/mol. The van der Waals surface area contributed by atoms with Crippen molar-refractivity contribution in [1.82, 2.24) is 15.0 Å². The van der Waals surface area contributed by atoms with Gasteiger partial charge in [0, 0.05) is 33.1 Å². The molecule has 3 aromatic rings. The fraction of sp³-hybridized carbons (Fsp3) is 0.348. The van der Waals surface area contributed by atoms with E-state index >= 15 is 0 Å². The minimum absolute atomic E-state index is 0.0439. The average Bonchev–Trinajstić information content (AvgIpc) is 3.23. The number of aryl methyl sites for hydroxylation is 1. The van der Waals surface area contributed by atoms with E-state index in [4.69, 9.17) is 14.0 Å². The summed E-state index contributed by atoms with van der Waals surface area (Å²) in [5.74, 6) is 2.27. The molecule has 1 amide bonds. The van der Waals surface area contributed by atoms with Crippen molar-refractivity contribution in [2.75, 3.05) is 37.7 Å². The van der Waals surface area contributed by atoms with Crippen LogP contribution in [0.5, 0.6) is 11.5 Å². The molecule has 0 bridgehead atoms. The lowest BCUT2D eigenvalue weighted by Gasteiger charge is -2.36. The van der Waals surface area contributed by atoms with Crippen LogP contribution in [0.3, 0.4) is 0 Å². The Morgan fingerprint density at radius 2 is 1.71 bits per heavy atom. The number of aromatic nitrogens is 2. The fourth-order valence-corrected chi connectivity index (χ4v) is 3.63. The average molecular weight is 422 g/mol. The Labute approximate surface area is 181 Å². The van der Waals surface area contributed by atoms with Crippen LogP contribution in [0.25, 0.3) is 0 Å². The van der Waals surface area contributed by atoms with Crippen molar-refractivity contribution in [3.8, 4) is 11.5 Å². The molecule has 0 unspecified atom stereocenters. The molecule has 0 spiro atoms. The van der Waals surface area contributed by atoms with Crippen LogP contribution in [0.4, 0.5) is 5.69 Å².